The van der Waals surface area contributed by atoms with Crippen LogP contribution in [-0.2, 0) is 81.3 Å². The highest BCUT2D eigenvalue weighted by atomic mass is 79.9. The highest BCUT2D eigenvalue weighted by Crippen LogP contribution is 2.19. The Morgan fingerprint density at radius 2 is 0.456 bits per heavy atom. The van der Waals surface area contributed by atoms with Crippen LogP contribution in [0.15, 0.2) is 135 Å². The molecule has 0 aliphatic carbocycles. The van der Waals surface area contributed by atoms with Crippen molar-refractivity contribution in [3.63, 3.8) is 0 Å². The van der Waals surface area contributed by atoms with Gasteiger partial charge in [-0.15, -0.1) is 0 Å². The van der Waals surface area contributed by atoms with Crippen LogP contribution in [0, 0.1) is 0 Å². The maximum atomic E-state index is 11.8. The van der Waals surface area contributed by atoms with Crippen molar-refractivity contribution in [2.45, 2.75) is 125 Å². The second-order valence-corrected chi connectivity index (χ2v) is 27.6. The molecule has 0 aliphatic rings. The topological polar surface area (TPSA) is 173 Å². The Balaban J connectivity index is 0.000000453. The molecule has 20 heteroatoms. The number of carbonyl (C=O) groups excluding carboxylic acids is 4. The fourth-order valence-electron chi connectivity index (χ4n) is 4.59. The summed E-state index contributed by atoms with van der Waals surface area (Å²) in [5.41, 5.74) is -2.16. The minimum atomic E-state index is -1.35. The normalized spacial score (nSPS) is 13.2. The monoisotopic (exact) mass is 1270 g/mol. The van der Waals surface area contributed by atoms with E-state index in [4.69, 9.17) is 18.9 Å². The van der Waals surface area contributed by atoms with Gasteiger partial charge in [-0.2, -0.15) is 0 Å². The summed E-state index contributed by atoms with van der Waals surface area (Å²) in [5.74, 6) is -2.23. The molecule has 0 heterocycles. The minimum absolute atomic E-state index is 0.112. The van der Waals surface area contributed by atoms with E-state index in [1.807, 2.05) is 0 Å². The van der Waals surface area contributed by atoms with E-state index in [1.165, 1.54) is 0 Å². The number of halogens is 4. The molecule has 0 bridgehead atoms. The second kappa shape index (κ2) is 29.6. The van der Waals surface area contributed by atoms with Gasteiger partial charge in [-0.3, -0.25) is 36.0 Å². The molecule has 4 atom stereocenters. The van der Waals surface area contributed by atoms with Crippen LogP contribution < -0.4 is 0 Å². The van der Waals surface area contributed by atoms with Gasteiger partial charge in [0.1, 0.15) is 45.4 Å². The molecule has 0 unspecified atom stereocenters. The summed E-state index contributed by atoms with van der Waals surface area (Å²) < 4.78 is 71.5. The molecule has 376 valence electrons. The Bertz CT molecular complexity index is 2020. The number of benzene rings is 4. The number of rotatable bonds is 12. The first-order valence-corrected chi connectivity index (χ1v) is 29.0. The largest absolute Gasteiger partial charge is 0.459 e. The van der Waals surface area contributed by atoms with Gasteiger partial charge in [0.2, 0.25) is 0 Å². The van der Waals surface area contributed by atoms with Gasteiger partial charge in [0.05, 0.1) is 43.2 Å². The first-order valence-electron chi connectivity index (χ1n) is 20.5. The SMILES string of the molecule is CC(C)(C)OC(=O)C[S@](=O)c1ccc(Br)cc1.CC(C)(C)OC(=O)C[S@](=O)c1ccc(Br)cc1.CC(C)(C)OC(=O)C[S@](=O)c1ccc(Br)cc1.CC(C)(C)OC(=O)C[S@](=O)c1ccc(Br)cc1. The van der Waals surface area contributed by atoms with Crippen LogP contribution in [0.5, 0.6) is 0 Å². The highest BCUT2D eigenvalue weighted by Gasteiger charge is 2.22. The molecule has 4 rings (SSSR count). The Labute approximate surface area is 444 Å². The smallest absolute Gasteiger partial charge is 0.319 e. The van der Waals surface area contributed by atoms with Gasteiger partial charge in [0.15, 0.2) is 0 Å². The van der Waals surface area contributed by atoms with Crippen LogP contribution in [0.2, 0.25) is 0 Å². The van der Waals surface area contributed by atoms with Crippen LogP contribution in [-0.4, -0.2) is 86.1 Å². The summed E-state index contributed by atoms with van der Waals surface area (Å²) in [4.78, 5) is 48.4. The van der Waals surface area contributed by atoms with Gasteiger partial charge >= 0.3 is 23.9 Å². The van der Waals surface area contributed by atoms with Crippen LogP contribution in [0.25, 0.3) is 0 Å². The minimum Gasteiger partial charge on any atom is -0.459 e. The molecule has 68 heavy (non-hydrogen) atoms. The van der Waals surface area contributed by atoms with Crippen molar-refractivity contribution in [3.8, 4) is 0 Å². The number of esters is 4. The Hall–Kier alpha value is -2.72. The molecule has 0 saturated carbocycles. The molecule has 0 N–H and O–H groups in total. The third-order valence-corrected chi connectivity index (χ3v) is 14.3. The van der Waals surface area contributed by atoms with Gasteiger partial charge in [-0.1, -0.05) is 63.7 Å². The van der Waals surface area contributed by atoms with Crippen LogP contribution in [0.3, 0.4) is 0 Å². The van der Waals surface area contributed by atoms with E-state index in [-0.39, 0.29) is 23.0 Å². The molecule has 0 aliphatic heterocycles. The van der Waals surface area contributed by atoms with Crippen molar-refractivity contribution < 1.29 is 55.0 Å². The number of hydrogen-bond donors (Lipinski definition) is 0. The molecule has 4 aromatic rings. The molecular weight excluding hydrogens is 1220 g/mol. The lowest BCUT2D eigenvalue weighted by Gasteiger charge is -2.19. The predicted molar refractivity (Wildman–Crippen MR) is 285 cm³/mol. The van der Waals surface area contributed by atoms with Crippen molar-refractivity contribution in [1.82, 2.24) is 0 Å². The second-order valence-electron chi connectivity index (χ2n) is 18.1. The maximum Gasteiger partial charge on any atom is 0.319 e. The van der Waals surface area contributed by atoms with Gasteiger partial charge in [0, 0.05) is 37.5 Å². The van der Waals surface area contributed by atoms with Gasteiger partial charge in [0.25, 0.3) is 0 Å². The zero-order chi connectivity index (χ0) is 52.2. The fourth-order valence-corrected chi connectivity index (χ4v) is 9.17. The third kappa shape index (κ3) is 30.8. The molecule has 0 amide bonds. The summed E-state index contributed by atoms with van der Waals surface area (Å²) in [6.07, 6.45) is 0. The summed E-state index contributed by atoms with van der Waals surface area (Å²) in [6.45, 7) is 21.4. The quantitative estimate of drug-likeness (QED) is 0.0972. The van der Waals surface area contributed by atoms with Crippen molar-refractivity contribution in [2.75, 3.05) is 23.0 Å². The zero-order valence-corrected chi connectivity index (χ0v) is 49.7. The Kier molecular flexibility index (Phi) is 27.5. The summed E-state index contributed by atoms with van der Waals surface area (Å²) in [5, 5.41) is 0. The third-order valence-electron chi connectivity index (χ3n) is 6.98. The lowest BCUT2D eigenvalue weighted by Crippen LogP contribution is -2.27. The molecule has 0 spiro atoms. The van der Waals surface area contributed by atoms with E-state index in [0.29, 0.717) is 19.6 Å². The number of ether oxygens (including phenoxy) is 4. The van der Waals surface area contributed by atoms with Crippen LogP contribution in [0.1, 0.15) is 83.1 Å². The lowest BCUT2D eigenvalue weighted by atomic mass is 10.2. The summed E-state index contributed by atoms with van der Waals surface area (Å²) in [7, 11) is -5.41. The molecule has 12 nitrogen and oxygen atoms in total. The number of carbonyl (C=O) groups is 4. The van der Waals surface area contributed by atoms with E-state index in [0.717, 1.165) is 17.9 Å². The van der Waals surface area contributed by atoms with Gasteiger partial charge in [-0.25, -0.2) is 0 Å². The predicted octanol–water partition coefficient (Wildman–Crippen LogP) is 11.6. The first kappa shape index (κ1) is 63.3. The standard InChI is InChI=1S/4C12H15BrO3S/c4*1-12(2,3)16-11(14)8-17(15)10-6-4-9(13)5-7-10/h4*4-7H,8H2,1-3H3/t4*17-/m0000/s1. The van der Waals surface area contributed by atoms with Crippen LogP contribution in [0.4, 0.5) is 0 Å². The Morgan fingerprint density at radius 1 is 0.324 bits per heavy atom. The molecular formula is C48H60Br4O12S4. The highest BCUT2D eigenvalue weighted by molar-refractivity contribution is 9.11. The van der Waals surface area contributed by atoms with E-state index < -0.39 is 89.5 Å². The average molecular weight is 1280 g/mol. The zero-order valence-electron chi connectivity index (χ0n) is 40.1. The molecule has 0 saturated heterocycles. The molecule has 0 radical (unpaired) electrons. The van der Waals surface area contributed by atoms with E-state index >= 15 is 0 Å². The maximum absolute atomic E-state index is 11.8. The van der Waals surface area contributed by atoms with E-state index in [1.54, 1.807) is 180 Å². The Morgan fingerprint density at radius 3 is 0.574 bits per heavy atom. The van der Waals surface area contributed by atoms with Crippen LogP contribution >= 0.6 is 63.7 Å². The van der Waals surface area contributed by atoms with E-state index in [2.05, 4.69) is 63.7 Å². The summed E-state index contributed by atoms with van der Waals surface area (Å²) in [6, 6.07) is 28.2. The van der Waals surface area contributed by atoms with Crippen molar-refractivity contribution in [3.05, 3.63) is 115 Å². The van der Waals surface area contributed by atoms with Gasteiger partial charge < -0.3 is 18.9 Å². The molecule has 4 aromatic carbocycles. The lowest BCUT2D eigenvalue weighted by molar-refractivity contribution is -0.152. The average Bonchev–Trinajstić information content (AvgIpc) is 3.16. The van der Waals surface area contributed by atoms with Crippen molar-refractivity contribution in [2.24, 2.45) is 0 Å². The van der Waals surface area contributed by atoms with E-state index in [9.17, 15) is 36.0 Å². The first-order chi connectivity index (χ1) is 31.1. The fraction of sp³-hybridized carbons (Fsp3) is 0.417. The molecule has 0 fully saturated rings. The molecule has 0 aromatic heterocycles. The van der Waals surface area contributed by atoms with Gasteiger partial charge in [-0.05, 0) is 180 Å². The summed E-state index contributed by atoms with van der Waals surface area (Å²) >= 11 is 13.2. The number of hydrogen-bond acceptors (Lipinski definition) is 12. The van der Waals surface area contributed by atoms with Crippen molar-refractivity contribution >= 4 is 131 Å². The van der Waals surface area contributed by atoms with Crippen molar-refractivity contribution in [1.29, 1.82) is 0 Å².